The molecule has 2 rings (SSSR count). The summed E-state index contributed by atoms with van der Waals surface area (Å²) in [7, 11) is 0. The summed E-state index contributed by atoms with van der Waals surface area (Å²) in [5.41, 5.74) is -0.242. The van der Waals surface area contributed by atoms with E-state index in [0.29, 0.717) is 10.6 Å². The molecule has 0 N–H and O–H groups in total. The van der Waals surface area contributed by atoms with Crippen LogP contribution in [-0.2, 0) is 0 Å². The zero-order valence-electron chi connectivity index (χ0n) is 10.6. The molecule has 7 heteroatoms. The van der Waals surface area contributed by atoms with Crippen molar-refractivity contribution in [2.75, 3.05) is 6.61 Å². The minimum atomic E-state index is -1.02. The summed E-state index contributed by atoms with van der Waals surface area (Å²) in [6.07, 6.45) is 0. The molecule has 5 nitrogen and oxygen atoms in total. The van der Waals surface area contributed by atoms with E-state index in [0.717, 1.165) is 12.1 Å². The van der Waals surface area contributed by atoms with E-state index in [-0.39, 0.29) is 18.1 Å². The third-order valence-corrected chi connectivity index (χ3v) is 2.90. The monoisotopic (exact) mass is 309 g/mol. The molecule has 0 aliphatic heterocycles. The minimum Gasteiger partial charge on any atom is -0.485 e. The Morgan fingerprint density at radius 2 is 1.90 bits per heavy atom. The Hall–Kier alpha value is -2.47. The third kappa shape index (κ3) is 3.76. The zero-order valence-corrected chi connectivity index (χ0v) is 11.3. The number of halogens is 2. The van der Waals surface area contributed by atoms with Crippen molar-refractivity contribution in [1.29, 1.82) is 0 Å². The number of rotatable bonds is 5. The molecule has 0 aliphatic rings. The molecule has 0 atom stereocenters. The standard InChI is InChI=1S/C14H9ClFNO4/c15-10-3-1-9(2-4-10)14(18)8-21-11-5-6-13(17(19)20)12(16)7-11/h1-7H,8H2. The van der Waals surface area contributed by atoms with Crippen LogP contribution in [-0.4, -0.2) is 17.3 Å². The van der Waals surface area contributed by atoms with Gasteiger partial charge in [-0.3, -0.25) is 14.9 Å². The summed E-state index contributed by atoms with van der Waals surface area (Å²) < 4.78 is 18.5. The van der Waals surface area contributed by atoms with Crippen molar-refractivity contribution in [2.24, 2.45) is 0 Å². The second kappa shape index (κ2) is 6.32. The summed E-state index contributed by atoms with van der Waals surface area (Å²) in [4.78, 5) is 21.5. The van der Waals surface area contributed by atoms with E-state index in [1.165, 1.54) is 6.07 Å². The van der Waals surface area contributed by atoms with Crippen molar-refractivity contribution < 1.29 is 18.8 Å². The summed E-state index contributed by atoms with van der Waals surface area (Å²) >= 11 is 5.71. The number of ketones is 1. The highest BCUT2D eigenvalue weighted by molar-refractivity contribution is 6.30. The summed E-state index contributed by atoms with van der Waals surface area (Å²) in [5.74, 6) is -1.29. The molecule has 108 valence electrons. The lowest BCUT2D eigenvalue weighted by Crippen LogP contribution is -2.11. The van der Waals surface area contributed by atoms with Crippen molar-refractivity contribution in [3.63, 3.8) is 0 Å². The van der Waals surface area contributed by atoms with E-state index in [1.54, 1.807) is 24.3 Å². The van der Waals surface area contributed by atoms with Crippen LogP contribution in [0.15, 0.2) is 42.5 Å². The number of nitro benzene ring substituents is 1. The smallest absolute Gasteiger partial charge is 0.305 e. The van der Waals surface area contributed by atoms with Gasteiger partial charge in [-0.05, 0) is 30.3 Å². The highest BCUT2D eigenvalue weighted by atomic mass is 35.5. The molecular formula is C14H9ClFNO4. The fraction of sp³-hybridized carbons (Fsp3) is 0.0714. The number of Topliss-reactive ketones (excluding diaryl/α,β-unsaturated/α-hetero) is 1. The van der Waals surface area contributed by atoms with E-state index in [1.807, 2.05) is 0 Å². The highest BCUT2D eigenvalue weighted by Gasteiger charge is 2.15. The molecular weight excluding hydrogens is 301 g/mol. The predicted octanol–water partition coefficient (Wildman–Crippen LogP) is 3.65. The van der Waals surface area contributed by atoms with E-state index in [2.05, 4.69) is 0 Å². The van der Waals surface area contributed by atoms with E-state index >= 15 is 0 Å². The third-order valence-electron chi connectivity index (χ3n) is 2.65. The molecule has 0 spiro atoms. The second-order valence-electron chi connectivity index (χ2n) is 4.09. The molecule has 0 heterocycles. The van der Waals surface area contributed by atoms with Crippen molar-refractivity contribution >= 4 is 23.1 Å². The molecule has 0 amide bonds. The number of nitrogens with zero attached hydrogens (tertiary/aromatic N) is 1. The number of hydrogen-bond acceptors (Lipinski definition) is 4. The van der Waals surface area contributed by atoms with Gasteiger partial charge in [0.25, 0.3) is 0 Å². The summed E-state index contributed by atoms with van der Waals surface area (Å²) in [6, 6.07) is 9.32. The van der Waals surface area contributed by atoms with Crippen LogP contribution >= 0.6 is 11.6 Å². The molecule has 0 aromatic heterocycles. The van der Waals surface area contributed by atoms with Crippen LogP contribution in [0.25, 0.3) is 0 Å². The van der Waals surface area contributed by atoms with Crippen molar-refractivity contribution in [3.8, 4) is 5.75 Å². The van der Waals surface area contributed by atoms with E-state index in [4.69, 9.17) is 16.3 Å². The van der Waals surface area contributed by atoms with Gasteiger partial charge >= 0.3 is 5.69 Å². The molecule has 0 radical (unpaired) electrons. The zero-order chi connectivity index (χ0) is 15.4. The minimum absolute atomic E-state index is 0.0420. The second-order valence-corrected chi connectivity index (χ2v) is 4.53. The predicted molar refractivity (Wildman–Crippen MR) is 74.3 cm³/mol. The lowest BCUT2D eigenvalue weighted by Gasteiger charge is -2.06. The SMILES string of the molecule is O=C(COc1ccc([N+](=O)[O-])c(F)c1)c1ccc(Cl)cc1. The normalized spacial score (nSPS) is 10.2. The van der Waals surface area contributed by atoms with Gasteiger partial charge in [-0.1, -0.05) is 11.6 Å². The fourth-order valence-electron chi connectivity index (χ4n) is 1.59. The van der Waals surface area contributed by atoms with Crippen LogP contribution in [0.1, 0.15) is 10.4 Å². The molecule has 0 bridgehead atoms. The first-order chi connectivity index (χ1) is 9.97. The first-order valence-electron chi connectivity index (χ1n) is 5.83. The topological polar surface area (TPSA) is 69.4 Å². The Morgan fingerprint density at radius 3 is 2.48 bits per heavy atom. The number of nitro groups is 1. The number of carbonyl (C=O) groups excluding carboxylic acids is 1. The average Bonchev–Trinajstić information content (AvgIpc) is 2.45. The number of carbonyl (C=O) groups is 1. The van der Waals surface area contributed by atoms with Crippen molar-refractivity contribution in [2.45, 2.75) is 0 Å². The van der Waals surface area contributed by atoms with Crippen LogP contribution in [0.5, 0.6) is 5.75 Å². The first-order valence-corrected chi connectivity index (χ1v) is 6.20. The van der Waals surface area contributed by atoms with Gasteiger partial charge in [0.2, 0.25) is 5.82 Å². The lowest BCUT2D eigenvalue weighted by molar-refractivity contribution is -0.387. The Balaban J connectivity index is 2.03. The van der Waals surface area contributed by atoms with Gasteiger partial charge in [0.05, 0.1) is 4.92 Å². The molecule has 2 aromatic carbocycles. The van der Waals surface area contributed by atoms with Crippen molar-refractivity contribution in [1.82, 2.24) is 0 Å². The average molecular weight is 310 g/mol. The van der Waals surface area contributed by atoms with Crippen molar-refractivity contribution in [3.05, 3.63) is 69.0 Å². The lowest BCUT2D eigenvalue weighted by atomic mass is 10.1. The molecule has 0 unspecified atom stereocenters. The summed E-state index contributed by atoms with van der Waals surface area (Å²) in [6.45, 7) is -0.307. The number of ether oxygens (including phenoxy) is 1. The first kappa shape index (κ1) is 14.9. The number of hydrogen-bond donors (Lipinski definition) is 0. The van der Waals surface area contributed by atoms with Crippen LogP contribution in [0.2, 0.25) is 5.02 Å². The van der Waals surface area contributed by atoms with Gasteiger partial charge in [0.15, 0.2) is 12.4 Å². The Kier molecular flexibility index (Phi) is 4.49. The van der Waals surface area contributed by atoms with Crippen LogP contribution in [0, 0.1) is 15.9 Å². The highest BCUT2D eigenvalue weighted by Crippen LogP contribution is 2.22. The Labute approximate surface area is 124 Å². The molecule has 0 fully saturated rings. The van der Waals surface area contributed by atoms with Gasteiger partial charge < -0.3 is 4.74 Å². The van der Waals surface area contributed by atoms with E-state index in [9.17, 15) is 19.3 Å². The molecule has 2 aromatic rings. The molecule has 0 saturated heterocycles. The van der Waals surface area contributed by atoms with E-state index < -0.39 is 16.4 Å². The van der Waals surface area contributed by atoms with Gasteiger partial charge in [0, 0.05) is 22.7 Å². The Morgan fingerprint density at radius 1 is 1.24 bits per heavy atom. The van der Waals surface area contributed by atoms with Crippen LogP contribution in [0.3, 0.4) is 0 Å². The largest absolute Gasteiger partial charge is 0.485 e. The Bertz CT molecular complexity index is 688. The molecule has 0 saturated carbocycles. The van der Waals surface area contributed by atoms with Gasteiger partial charge in [-0.25, -0.2) is 0 Å². The molecule has 21 heavy (non-hydrogen) atoms. The van der Waals surface area contributed by atoms with Crippen LogP contribution < -0.4 is 4.74 Å². The maximum absolute atomic E-state index is 13.4. The maximum atomic E-state index is 13.4. The van der Waals surface area contributed by atoms with Gasteiger partial charge in [-0.2, -0.15) is 4.39 Å². The summed E-state index contributed by atoms with van der Waals surface area (Å²) in [5, 5.41) is 11.0. The van der Waals surface area contributed by atoms with Gasteiger partial charge in [0.1, 0.15) is 5.75 Å². The van der Waals surface area contributed by atoms with Crippen LogP contribution in [0.4, 0.5) is 10.1 Å². The fourth-order valence-corrected chi connectivity index (χ4v) is 1.72. The quantitative estimate of drug-likeness (QED) is 0.480. The number of benzene rings is 2. The van der Waals surface area contributed by atoms with Gasteiger partial charge in [-0.15, -0.1) is 0 Å². The molecule has 0 aliphatic carbocycles. The maximum Gasteiger partial charge on any atom is 0.305 e.